The lowest BCUT2D eigenvalue weighted by atomic mass is 10.1. The number of amides is 1. The van der Waals surface area contributed by atoms with E-state index in [1.165, 1.54) is 30.0 Å². The van der Waals surface area contributed by atoms with Crippen LogP contribution in [0.3, 0.4) is 0 Å². The average molecular weight is 346 g/mol. The zero-order valence-corrected chi connectivity index (χ0v) is 14.4. The van der Waals surface area contributed by atoms with Crippen LogP contribution in [0.4, 0.5) is 0 Å². The fourth-order valence-corrected chi connectivity index (χ4v) is 2.68. The molecule has 1 heterocycles. The van der Waals surface area contributed by atoms with Gasteiger partial charge in [-0.05, 0) is 45.0 Å². The number of phenols is 2. The highest BCUT2D eigenvalue weighted by molar-refractivity contribution is 7.99. The molecule has 0 aliphatic rings. The summed E-state index contributed by atoms with van der Waals surface area (Å²) in [4.78, 5) is 20.4. The van der Waals surface area contributed by atoms with Crippen molar-refractivity contribution < 1.29 is 15.0 Å². The molecule has 0 unspecified atom stereocenters. The average Bonchev–Trinajstić information content (AvgIpc) is 2.52. The summed E-state index contributed by atoms with van der Waals surface area (Å²) < 4.78 is 0. The lowest BCUT2D eigenvalue weighted by molar-refractivity contribution is -0.118. The van der Waals surface area contributed by atoms with Crippen LogP contribution in [0.2, 0.25) is 0 Å². The summed E-state index contributed by atoms with van der Waals surface area (Å²) in [5, 5.41) is 23.7. The molecule has 1 aromatic carbocycles. The highest BCUT2D eigenvalue weighted by Crippen LogP contribution is 2.22. The fourth-order valence-electron chi connectivity index (χ4n) is 1.94. The number of thioether (sulfide) groups is 1. The minimum atomic E-state index is -0.318. The van der Waals surface area contributed by atoms with Crippen LogP contribution in [0.5, 0.6) is 11.5 Å². The van der Waals surface area contributed by atoms with Crippen molar-refractivity contribution in [3.8, 4) is 11.5 Å². The Morgan fingerprint density at radius 1 is 1.21 bits per heavy atom. The predicted molar refractivity (Wildman–Crippen MR) is 92.4 cm³/mol. The fraction of sp³-hybridized carbons (Fsp3) is 0.250. The first kappa shape index (κ1) is 17.7. The van der Waals surface area contributed by atoms with E-state index in [1.807, 2.05) is 19.9 Å². The van der Waals surface area contributed by atoms with E-state index < -0.39 is 0 Å². The smallest absolute Gasteiger partial charge is 0.250 e. The Balaban J connectivity index is 1.95. The molecule has 0 spiro atoms. The van der Waals surface area contributed by atoms with E-state index in [-0.39, 0.29) is 23.2 Å². The van der Waals surface area contributed by atoms with Gasteiger partial charge >= 0.3 is 0 Å². The maximum atomic E-state index is 11.9. The van der Waals surface area contributed by atoms with Gasteiger partial charge in [0.25, 0.3) is 5.91 Å². The molecule has 1 amide bonds. The molecule has 8 heteroatoms. The number of aromatic nitrogens is 2. The summed E-state index contributed by atoms with van der Waals surface area (Å²) in [6, 6.07) is 5.96. The molecule has 0 saturated carbocycles. The van der Waals surface area contributed by atoms with Crippen molar-refractivity contribution in [3.63, 3.8) is 0 Å². The summed E-state index contributed by atoms with van der Waals surface area (Å²) in [7, 11) is 0. The highest BCUT2D eigenvalue weighted by Gasteiger charge is 2.08. The standard InChI is InChI=1S/C16H18N4O3S/c1-9-6-10(2)18-16(17-9)24-8-15(23)20-19-11(3)13-7-12(21)4-5-14(13)22/h4-7,21-22H,8H2,1-3H3,(H,20,23)/b19-11+. The van der Waals surface area contributed by atoms with Crippen molar-refractivity contribution in [1.82, 2.24) is 15.4 Å². The third-order valence-electron chi connectivity index (χ3n) is 3.01. The van der Waals surface area contributed by atoms with Gasteiger partial charge in [-0.2, -0.15) is 5.10 Å². The summed E-state index contributed by atoms with van der Waals surface area (Å²) in [5.74, 6) is -0.222. The second-order valence-electron chi connectivity index (χ2n) is 5.16. The molecule has 0 bridgehead atoms. The van der Waals surface area contributed by atoms with Crippen LogP contribution in [0, 0.1) is 13.8 Å². The van der Waals surface area contributed by atoms with E-state index in [0.29, 0.717) is 16.4 Å². The van der Waals surface area contributed by atoms with Gasteiger partial charge in [0.05, 0.1) is 11.5 Å². The molecule has 0 atom stereocenters. The van der Waals surface area contributed by atoms with E-state index in [1.54, 1.807) is 6.92 Å². The van der Waals surface area contributed by atoms with Crippen LogP contribution in [-0.4, -0.2) is 37.6 Å². The third kappa shape index (κ3) is 4.95. The highest BCUT2D eigenvalue weighted by atomic mass is 32.2. The number of rotatable bonds is 5. The van der Waals surface area contributed by atoms with Crippen LogP contribution in [-0.2, 0) is 4.79 Å². The molecule has 1 aromatic heterocycles. The predicted octanol–water partition coefficient (Wildman–Crippen LogP) is 2.14. The third-order valence-corrected chi connectivity index (χ3v) is 3.86. The first-order valence-corrected chi connectivity index (χ1v) is 8.14. The van der Waals surface area contributed by atoms with Crippen molar-refractivity contribution in [2.75, 3.05) is 5.75 Å². The summed E-state index contributed by atoms with van der Waals surface area (Å²) in [6.07, 6.45) is 0. The summed E-state index contributed by atoms with van der Waals surface area (Å²) >= 11 is 1.22. The second kappa shape index (κ2) is 7.78. The van der Waals surface area contributed by atoms with Gasteiger partial charge in [0.2, 0.25) is 0 Å². The Morgan fingerprint density at radius 2 is 1.88 bits per heavy atom. The molecular weight excluding hydrogens is 328 g/mol. The second-order valence-corrected chi connectivity index (χ2v) is 6.10. The van der Waals surface area contributed by atoms with Crippen LogP contribution < -0.4 is 5.43 Å². The SMILES string of the molecule is C/C(=N\NC(=O)CSc1nc(C)cc(C)n1)c1cc(O)ccc1O. The minimum absolute atomic E-state index is 0.00574. The van der Waals surface area contributed by atoms with Crippen LogP contribution in [0.15, 0.2) is 34.5 Å². The Bertz CT molecular complexity index is 773. The number of aromatic hydroxyl groups is 2. The maximum absolute atomic E-state index is 11.9. The quantitative estimate of drug-likeness (QED) is 0.252. The minimum Gasteiger partial charge on any atom is -0.508 e. The zero-order valence-electron chi connectivity index (χ0n) is 13.6. The molecule has 7 nitrogen and oxygen atoms in total. The van der Waals surface area contributed by atoms with Gasteiger partial charge in [-0.3, -0.25) is 4.79 Å². The largest absolute Gasteiger partial charge is 0.508 e. The Morgan fingerprint density at radius 3 is 2.54 bits per heavy atom. The monoisotopic (exact) mass is 346 g/mol. The van der Waals surface area contributed by atoms with Gasteiger partial charge in [-0.1, -0.05) is 11.8 Å². The molecule has 2 aromatic rings. The number of carbonyl (C=O) groups is 1. The van der Waals surface area contributed by atoms with Crippen molar-refractivity contribution in [2.24, 2.45) is 5.10 Å². The first-order valence-electron chi connectivity index (χ1n) is 7.15. The number of nitrogens with zero attached hydrogens (tertiary/aromatic N) is 3. The number of hydrazone groups is 1. The van der Waals surface area contributed by atoms with Crippen LogP contribution in [0.25, 0.3) is 0 Å². The summed E-state index contributed by atoms with van der Waals surface area (Å²) in [5.41, 5.74) is 4.83. The molecule has 0 aliphatic heterocycles. The number of aryl methyl sites for hydroxylation is 2. The molecule has 126 valence electrons. The molecule has 24 heavy (non-hydrogen) atoms. The van der Waals surface area contributed by atoms with Crippen LogP contribution in [0.1, 0.15) is 23.9 Å². The van der Waals surface area contributed by atoms with Crippen LogP contribution >= 0.6 is 11.8 Å². The van der Waals surface area contributed by atoms with Gasteiger partial charge in [-0.25, -0.2) is 15.4 Å². The molecule has 0 saturated heterocycles. The van der Waals surface area contributed by atoms with E-state index >= 15 is 0 Å². The maximum Gasteiger partial charge on any atom is 0.250 e. The van der Waals surface area contributed by atoms with E-state index in [0.717, 1.165) is 11.4 Å². The topological polar surface area (TPSA) is 108 Å². The van der Waals surface area contributed by atoms with Gasteiger partial charge in [0.15, 0.2) is 5.16 Å². The van der Waals surface area contributed by atoms with Gasteiger partial charge in [-0.15, -0.1) is 0 Å². The van der Waals surface area contributed by atoms with Crippen molar-refractivity contribution in [3.05, 3.63) is 41.2 Å². The molecule has 0 radical (unpaired) electrons. The number of carbonyl (C=O) groups excluding carboxylic acids is 1. The van der Waals surface area contributed by atoms with Gasteiger partial charge in [0, 0.05) is 17.0 Å². The Labute approximate surface area is 143 Å². The molecule has 2 rings (SSSR count). The van der Waals surface area contributed by atoms with Gasteiger partial charge < -0.3 is 10.2 Å². The first-order chi connectivity index (χ1) is 11.3. The lowest BCUT2D eigenvalue weighted by Gasteiger charge is -2.06. The van der Waals surface area contributed by atoms with E-state index in [2.05, 4.69) is 20.5 Å². The Kier molecular flexibility index (Phi) is 5.75. The summed E-state index contributed by atoms with van der Waals surface area (Å²) in [6.45, 7) is 5.36. The molecule has 0 aliphatic carbocycles. The Hall–Kier alpha value is -2.61. The number of phenolic OH excluding ortho intramolecular Hbond substituents is 2. The zero-order chi connectivity index (χ0) is 17.7. The number of hydrogen-bond acceptors (Lipinski definition) is 7. The molecule has 0 fully saturated rings. The number of benzene rings is 1. The van der Waals surface area contributed by atoms with Gasteiger partial charge in [0.1, 0.15) is 11.5 Å². The molecule has 3 N–H and O–H groups in total. The van der Waals surface area contributed by atoms with E-state index in [9.17, 15) is 15.0 Å². The number of hydrogen-bond donors (Lipinski definition) is 3. The normalized spacial score (nSPS) is 11.4. The number of nitrogens with one attached hydrogen (secondary N) is 1. The van der Waals surface area contributed by atoms with E-state index in [4.69, 9.17) is 0 Å². The molecular formula is C16H18N4O3S. The van der Waals surface area contributed by atoms with Crippen molar-refractivity contribution in [2.45, 2.75) is 25.9 Å². The lowest BCUT2D eigenvalue weighted by Crippen LogP contribution is -2.21. The van der Waals surface area contributed by atoms with Crippen molar-refractivity contribution in [1.29, 1.82) is 0 Å². The van der Waals surface area contributed by atoms with Crippen molar-refractivity contribution >= 4 is 23.4 Å².